The van der Waals surface area contributed by atoms with Crippen molar-refractivity contribution in [3.8, 4) is 10.6 Å². The molecule has 0 atom stereocenters. The van der Waals surface area contributed by atoms with Crippen LogP contribution in [-0.2, 0) is 6.42 Å². The summed E-state index contributed by atoms with van der Waals surface area (Å²) in [4.78, 5) is 0. The first-order chi connectivity index (χ1) is 9.74. The summed E-state index contributed by atoms with van der Waals surface area (Å²) in [7, 11) is 0. The molecule has 0 radical (unpaired) electrons. The number of benzene rings is 1. The maximum atomic E-state index is 4.36. The molecule has 20 heavy (non-hydrogen) atoms. The molecular weight excluding hydrogens is 266 g/mol. The molecule has 1 aromatic heterocycles. The van der Waals surface area contributed by atoms with Crippen LogP contribution in [0, 0.1) is 13.8 Å². The number of rotatable bonds is 6. The molecule has 1 saturated carbocycles. The van der Waals surface area contributed by atoms with E-state index in [1.54, 1.807) is 11.3 Å². The molecule has 106 valence electrons. The minimum absolute atomic E-state index is 0.801. The summed E-state index contributed by atoms with van der Waals surface area (Å²) in [6, 6.07) is 7.18. The summed E-state index contributed by atoms with van der Waals surface area (Å²) in [5.74, 6) is 0. The number of hydrogen-bond acceptors (Lipinski definition) is 4. The fourth-order valence-corrected chi connectivity index (χ4v) is 3.24. The highest BCUT2D eigenvalue weighted by Crippen LogP contribution is 2.28. The van der Waals surface area contributed by atoms with Crippen LogP contribution in [0.15, 0.2) is 18.2 Å². The van der Waals surface area contributed by atoms with Gasteiger partial charge in [0.25, 0.3) is 0 Å². The van der Waals surface area contributed by atoms with Gasteiger partial charge in [-0.15, -0.1) is 10.2 Å². The van der Waals surface area contributed by atoms with Crippen molar-refractivity contribution in [2.24, 2.45) is 0 Å². The lowest BCUT2D eigenvalue weighted by atomic mass is 10.0. The number of nitrogens with one attached hydrogen (secondary N) is 1. The first-order valence-corrected chi connectivity index (χ1v) is 8.18. The predicted molar refractivity (Wildman–Crippen MR) is 84.2 cm³/mol. The van der Waals surface area contributed by atoms with Crippen LogP contribution in [0.2, 0.25) is 0 Å². The van der Waals surface area contributed by atoms with Crippen LogP contribution < -0.4 is 5.32 Å². The third-order valence-corrected chi connectivity index (χ3v) is 4.90. The highest BCUT2D eigenvalue weighted by Gasteiger charge is 2.19. The minimum Gasteiger partial charge on any atom is -0.314 e. The lowest BCUT2D eigenvalue weighted by Gasteiger charge is -2.04. The Bertz CT molecular complexity index is 587. The predicted octanol–water partition coefficient (Wildman–Crippen LogP) is 3.51. The first-order valence-electron chi connectivity index (χ1n) is 7.36. The normalized spacial score (nSPS) is 14.7. The van der Waals surface area contributed by atoms with E-state index in [2.05, 4.69) is 47.6 Å². The van der Waals surface area contributed by atoms with E-state index in [0.717, 1.165) is 35.4 Å². The van der Waals surface area contributed by atoms with Gasteiger partial charge in [0.2, 0.25) is 0 Å². The van der Waals surface area contributed by atoms with Crippen molar-refractivity contribution in [1.82, 2.24) is 15.5 Å². The first kappa shape index (κ1) is 13.7. The molecule has 1 aliphatic rings. The Labute approximate surface area is 124 Å². The molecule has 1 N–H and O–H groups in total. The van der Waals surface area contributed by atoms with Gasteiger partial charge in [0.15, 0.2) is 0 Å². The molecular formula is C16H21N3S. The van der Waals surface area contributed by atoms with Crippen LogP contribution in [0.1, 0.15) is 35.4 Å². The van der Waals surface area contributed by atoms with Gasteiger partial charge in [0.05, 0.1) is 0 Å². The summed E-state index contributed by atoms with van der Waals surface area (Å²) < 4.78 is 0. The molecule has 0 amide bonds. The molecule has 3 rings (SSSR count). The minimum atomic E-state index is 0.801. The van der Waals surface area contributed by atoms with E-state index in [9.17, 15) is 0 Å². The SMILES string of the molecule is Cc1cccc(-c2nnc(CCCNC3CC3)s2)c1C. The van der Waals surface area contributed by atoms with E-state index in [0.29, 0.717) is 0 Å². The maximum absolute atomic E-state index is 4.36. The summed E-state index contributed by atoms with van der Waals surface area (Å²) in [5.41, 5.74) is 3.85. The molecule has 1 aromatic carbocycles. The van der Waals surface area contributed by atoms with Crippen molar-refractivity contribution in [3.05, 3.63) is 34.3 Å². The number of aromatic nitrogens is 2. The lowest BCUT2D eigenvalue weighted by Crippen LogP contribution is -2.17. The van der Waals surface area contributed by atoms with E-state index in [-0.39, 0.29) is 0 Å². The van der Waals surface area contributed by atoms with Crippen LogP contribution in [-0.4, -0.2) is 22.8 Å². The van der Waals surface area contributed by atoms with Crippen LogP contribution >= 0.6 is 11.3 Å². The van der Waals surface area contributed by atoms with Crippen molar-refractivity contribution >= 4 is 11.3 Å². The third kappa shape index (κ3) is 3.25. The van der Waals surface area contributed by atoms with Gasteiger partial charge in [-0.05, 0) is 50.8 Å². The maximum Gasteiger partial charge on any atom is 0.148 e. The van der Waals surface area contributed by atoms with Gasteiger partial charge in [-0.1, -0.05) is 29.5 Å². The van der Waals surface area contributed by atoms with E-state index in [4.69, 9.17) is 0 Å². The van der Waals surface area contributed by atoms with Gasteiger partial charge in [-0.25, -0.2) is 0 Å². The molecule has 1 heterocycles. The van der Waals surface area contributed by atoms with Gasteiger partial charge >= 0.3 is 0 Å². The Morgan fingerprint density at radius 3 is 2.90 bits per heavy atom. The van der Waals surface area contributed by atoms with Crippen LogP contribution in [0.4, 0.5) is 0 Å². The highest BCUT2D eigenvalue weighted by atomic mass is 32.1. The molecule has 2 aromatic rings. The van der Waals surface area contributed by atoms with E-state index in [1.807, 2.05) is 0 Å². The summed E-state index contributed by atoms with van der Waals surface area (Å²) in [6.45, 7) is 5.40. The molecule has 0 unspecified atom stereocenters. The number of hydrogen-bond donors (Lipinski definition) is 1. The van der Waals surface area contributed by atoms with Crippen molar-refractivity contribution in [3.63, 3.8) is 0 Å². The fourth-order valence-electron chi connectivity index (χ4n) is 2.28. The van der Waals surface area contributed by atoms with E-state index in [1.165, 1.54) is 29.5 Å². The Kier molecular flexibility index (Phi) is 4.13. The van der Waals surface area contributed by atoms with Crippen molar-refractivity contribution < 1.29 is 0 Å². The quantitative estimate of drug-likeness (QED) is 0.826. The van der Waals surface area contributed by atoms with Crippen LogP contribution in [0.25, 0.3) is 10.6 Å². The van der Waals surface area contributed by atoms with Crippen LogP contribution in [0.5, 0.6) is 0 Å². The Hall–Kier alpha value is -1.26. The Balaban J connectivity index is 1.62. The van der Waals surface area contributed by atoms with Gasteiger partial charge in [0.1, 0.15) is 10.0 Å². The average molecular weight is 287 g/mol. The summed E-state index contributed by atoms with van der Waals surface area (Å²) in [6.07, 6.45) is 4.89. The standard InChI is InChI=1S/C16H21N3S/c1-11-5-3-6-14(12(11)2)16-19-18-15(20-16)7-4-10-17-13-8-9-13/h3,5-6,13,17H,4,7-10H2,1-2H3. The average Bonchev–Trinajstić information content (AvgIpc) is 3.15. The molecule has 0 aliphatic heterocycles. The lowest BCUT2D eigenvalue weighted by molar-refractivity contribution is 0.643. The smallest absolute Gasteiger partial charge is 0.148 e. The summed E-state index contributed by atoms with van der Waals surface area (Å²) in [5, 5.41) is 14.4. The number of aryl methyl sites for hydroxylation is 2. The van der Waals surface area contributed by atoms with Gasteiger partial charge in [0, 0.05) is 18.0 Å². The molecule has 1 aliphatic carbocycles. The molecule has 1 fully saturated rings. The largest absolute Gasteiger partial charge is 0.314 e. The topological polar surface area (TPSA) is 37.8 Å². The van der Waals surface area contributed by atoms with Gasteiger partial charge < -0.3 is 5.32 Å². The Morgan fingerprint density at radius 2 is 2.10 bits per heavy atom. The Morgan fingerprint density at radius 1 is 1.25 bits per heavy atom. The van der Waals surface area contributed by atoms with E-state index >= 15 is 0 Å². The van der Waals surface area contributed by atoms with Crippen molar-refractivity contribution in [2.75, 3.05) is 6.54 Å². The van der Waals surface area contributed by atoms with E-state index < -0.39 is 0 Å². The molecule has 3 nitrogen and oxygen atoms in total. The zero-order valence-corrected chi connectivity index (χ0v) is 13.0. The zero-order chi connectivity index (χ0) is 13.9. The molecule has 4 heteroatoms. The number of nitrogens with zero attached hydrogens (tertiary/aromatic N) is 2. The van der Waals surface area contributed by atoms with Crippen molar-refractivity contribution in [2.45, 2.75) is 45.6 Å². The molecule has 0 saturated heterocycles. The fraction of sp³-hybridized carbons (Fsp3) is 0.500. The van der Waals surface area contributed by atoms with Gasteiger partial charge in [-0.2, -0.15) is 0 Å². The van der Waals surface area contributed by atoms with Crippen molar-refractivity contribution in [1.29, 1.82) is 0 Å². The third-order valence-electron chi connectivity index (χ3n) is 3.88. The second kappa shape index (κ2) is 6.02. The molecule has 0 bridgehead atoms. The monoisotopic (exact) mass is 287 g/mol. The molecule has 0 spiro atoms. The zero-order valence-electron chi connectivity index (χ0n) is 12.1. The summed E-state index contributed by atoms with van der Waals surface area (Å²) >= 11 is 1.73. The highest BCUT2D eigenvalue weighted by molar-refractivity contribution is 7.14. The van der Waals surface area contributed by atoms with Crippen LogP contribution in [0.3, 0.4) is 0 Å². The second-order valence-corrected chi connectivity index (χ2v) is 6.64. The second-order valence-electron chi connectivity index (χ2n) is 5.58. The van der Waals surface area contributed by atoms with Gasteiger partial charge in [-0.3, -0.25) is 0 Å².